The van der Waals surface area contributed by atoms with Crippen molar-refractivity contribution in [3.05, 3.63) is 24.3 Å². The van der Waals surface area contributed by atoms with Gasteiger partial charge in [-0.3, -0.25) is 0 Å². The molecular weight excluding hydrogens is 402 g/mol. The number of fused-ring (bicyclic) bond motifs is 1. The average molecular weight is 429 g/mol. The molecule has 1 aromatic carbocycles. The highest BCUT2D eigenvalue weighted by Crippen LogP contribution is 2.48. The van der Waals surface area contributed by atoms with E-state index in [-0.39, 0.29) is 10.6 Å². The second kappa shape index (κ2) is 7.14. The molecular formula is C20H26F2N2O4S. The van der Waals surface area contributed by atoms with Crippen LogP contribution in [0.15, 0.2) is 29.2 Å². The van der Waals surface area contributed by atoms with Crippen LogP contribution in [0.2, 0.25) is 0 Å². The van der Waals surface area contributed by atoms with Crippen molar-refractivity contribution in [2.24, 2.45) is 17.3 Å². The molecule has 160 valence electrons. The van der Waals surface area contributed by atoms with E-state index in [0.29, 0.717) is 42.4 Å². The summed E-state index contributed by atoms with van der Waals surface area (Å²) in [5, 5.41) is 3.78. The van der Waals surface area contributed by atoms with Crippen molar-refractivity contribution < 1.29 is 26.7 Å². The molecule has 1 N–H and O–H groups in total. The van der Waals surface area contributed by atoms with Gasteiger partial charge in [0.1, 0.15) is 5.75 Å². The zero-order chi connectivity index (χ0) is 20.2. The van der Waals surface area contributed by atoms with Gasteiger partial charge >= 0.3 is 6.61 Å². The minimum Gasteiger partial charge on any atom is -0.435 e. The fraction of sp³-hybridized carbons (Fsp3) is 0.700. The summed E-state index contributed by atoms with van der Waals surface area (Å²) in [4.78, 5) is 0.122. The first-order chi connectivity index (χ1) is 13.8. The largest absolute Gasteiger partial charge is 0.435 e. The lowest BCUT2D eigenvalue weighted by Crippen LogP contribution is -2.60. The zero-order valence-corrected chi connectivity index (χ0v) is 16.9. The highest BCUT2D eigenvalue weighted by molar-refractivity contribution is 7.89. The number of hydrogen-bond acceptors (Lipinski definition) is 5. The molecule has 2 saturated carbocycles. The highest BCUT2D eigenvalue weighted by atomic mass is 32.2. The summed E-state index contributed by atoms with van der Waals surface area (Å²) in [6.07, 6.45) is 4.42. The van der Waals surface area contributed by atoms with Crippen molar-refractivity contribution in [2.75, 3.05) is 26.3 Å². The first kappa shape index (κ1) is 19.7. The fourth-order valence-corrected chi connectivity index (χ4v) is 7.15. The Morgan fingerprint density at radius 2 is 1.69 bits per heavy atom. The maximum atomic E-state index is 12.9. The van der Waals surface area contributed by atoms with Crippen LogP contribution in [0, 0.1) is 17.3 Å². The third-order valence-corrected chi connectivity index (χ3v) is 8.90. The lowest BCUT2D eigenvalue weighted by atomic mass is 9.64. The summed E-state index contributed by atoms with van der Waals surface area (Å²) < 4.78 is 61.6. The van der Waals surface area contributed by atoms with Crippen LogP contribution in [0.4, 0.5) is 8.78 Å². The molecule has 6 nitrogen and oxygen atoms in total. The summed E-state index contributed by atoms with van der Waals surface area (Å²) in [7, 11) is -3.62. The Morgan fingerprint density at radius 1 is 1.07 bits per heavy atom. The maximum absolute atomic E-state index is 12.9. The number of rotatable bonds is 6. The van der Waals surface area contributed by atoms with Crippen LogP contribution >= 0.6 is 0 Å². The van der Waals surface area contributed by atoms with Gasteiger partial charge in [-0.25, -0.2) is 8.42 Å². The molecule has 0 amide bonds. The smallest absolute Gasteiger partial charge is 0.387 e. The summed E-state index contributed by atoms with van der Waals surface area (Å²) >= 11 is 0. The van der Waals surface area contributed by atoms with E-state index in [9.17, 15) is 17.2 Å². The molecule has 4 fully saturated rings. The van der Waals surface area contributed by atoms with E-state index in [4.69, 9.17) is 4.74 Å². The van der Waals surface area contributed by atoms with Gasteiger partial charge in [0.25, 0.3) is 0 Å². The first-order valence-corrected chi connectivity index (χ1v) is 11.7. The van der Waals surface area contributed by atoms with Crippen LogP contribution in [0.1, 0.15) is 25.7 Å². The van der Waals surface area contributed by atoms with Gasteiger partial charge in [0.2, 0.25) is 10.0 Å². The van der Waals surface area contributed by atoms with Gasteiger partial charge in [-0.05, 0) is 61.8 Å². The van der Waals surface area contributed by atoms with E-state index in [1.165, 1.54) is 37.1 Å². The van der Waals surface area contributed by atoms with Crippen LogP contribution in [0.5, 0.6) is 5.75 Å². The first-order valence-electron chi connectivity index (χ1n) is 10.2. The van der Waals surface area contributed by atoms with Crippen molar-refractivity contribution in [3.63, 3.8) is 0 Å². The number of hydrogen-bond donors (Lipinski definition) is 1. The second-order valence-corrected chi connectivity index (χ2v) is 11.1. The Bertz CT molecular complexity index is 838. The molecule has 1 spiro atoms. The molecule has 0 aromatic heterocycles. The number of halogens is 2. The molecule has 5 rings (SSSR count). The molecule has 2 aliphatic carbocycles. The SMILES string of the molecule is O=S(=O)(c1ccc(OC(F)F)cc1)N1C[C@H]2CC(NC3CC4(COC4)C3)C[C@H]2C1. The van der Waals surface area contributed by atoms with Crippen LogP contribution in [0.3, 0.4) is 0 Å². The van der Waals surface area contributed by atoms with Crippen LogP contribution in [-0.4, -0.2) is 57.7 Å². The topological polar surface area (TPSA) is 67.9 Å². The number of sulfonamides is 1. The van der Waals surface area contributed by atoms with Gasteiger partial charge < -0.3 is 14.8 Å². The van der Waals surface area contributed by atoms with Crippen molar-refractivity contribution in [3.8, 4) is 5.75 Å². The molecule has 4 aliphatic rings. The number of nitrogens with zero attached hydrogens (tertiary/aromatic N) is 1. The summed E-state index contributed by atoms with van der Waals surface area (Å²) in [5.74, 6) is 0.715. The Labute approximate surface area is 169 Å². The number of alkyl halides is 2. The van der Waals surface area contributed by atoms with Crippen molar-refractivity contribution in [2.45, 2.75) is 49.3 Å². The third kappa shape index (κ3) is 3.66. The molecule has 1 aromatic rings. The van der Waals surface area contributed by atoms with E-state index in [0.717, 1.165) is 26.1 Å². The van der Waals surface area contributed by atoms with Gasteiger partial charge in [0.15, 0.2) is 0 Å². The van der Waals surface area contributed by atoms with Gasteiger partial charge in [-0.15, -0.1) is 0 Å². The molecule has 2 saturated heterocycles. The van der Waals surface area contributed by atoms with E-state index in [1.54, 1.807) is 4.31 Å². The number of benzene rings is 1. The average Bonchev–Trinajstić information content (AvgIpc) is 3.15. The highest BCUT2D eigenvalue weighted by Gasteiger charge is 2.51. The number of nitrogens with one attached hydrogen (secondary N) is 1. The molecule has 9 heteroatoms. The molecule has 0 bridgehead atoms. The molecule has 2 heterocycles. The standard InChI is InChI=1S/C20H26F2N2O4S/c21-19(22)28-17-1-3-18(4-2-17)29(25,26)24-9-13-5-15(6-14(13)10-24)23-16-7-20(8-16)11-27-12-20/h1-4,13-16,19,23H,5-12H2/t13-,14+,15?. The fourth-order valence-electron chi connectivity index (χ4n) is 5.59. The quantitative estimate of drug-likeness (QED) is 0.754. The molecule has 29 heavy (non-hydrogen) atoms. The predicted molar refractivity (Wildman–Crippen MR) is 101 cm³/mol. The van der Waals surface area contributed by atoms with Crippen molar-refractivity contribution >= 4 is 10.0 Å². The minimum absolute atomic E-state index is 0.0441. The maximum Gasteiger partial charge on any atom is 0.387 e. The third-order valence-electron chi connectivity index (χ3n) is 7.05. The summed E-state index contributed by atoms with van der Waals surface area (Å²) in [6.45, 7) is -0.0532. The van der Waals surface area contributed by atoms with E-state index in [2.05, 4.69) is 10.1 Å². The van der Waals surface area contributed by atoms with Gasteiger partial charge in [0.05, 0.1) is 18.1 Å². The molecule has 1 unspecified atom stereocenters. The van der Waals surface area contributed by atoms with Gasteiger partial charge in [-0.1, -0.05) is 0 Å². The molecule has 0 radical (unpaired) electrons. The Kier molecular flexibility index (Phi) is 4.84. The van der Waals surface area contributed by atoms with E-state index < -0.39 is 16.6 Å². The predicted octanol–water partition coefficient (Wildman–Crippen LogP) is 2.46. The Hall–Kier alpha value is -1.29. The minimum atomic E-state index is -3.62. The van der Waals surface area contributed by atoms with Crippen molar-refractivity contribution in [1.82, 2.24) is 9.62 Å². The van der Waals surface area contributed by atoms with Crippen LogP contribution in [-0.2, 0) is 14.8 Å². The monoisotopic (exact) mass is 428 g/mol. The van der Waals surface area contributed by atoms with Gasteiger partial charge in [0, 0.05) is 30.6 Å². The number of ether oxygens (including phenoxy) is 2. The van der Waals surface area contributed by atoms with E-state index in [1.807, 2.05) is 0 Å². The Morgan fingerprint density at radius 3 is 2.21 bits per heavy atom. The lowest BCUT2D eigenvalue weighted by molar-refractivity contribution is -0.168. The Balaban J connectivity index is 1.15. The second-order valence-electron chi connectivity index (χ2n) is 9.13. The van der Waals surface area contributed by atoms with Crippen LogP contribution < -0.4 is 10.1 Å². The summed E-state index contributed by atoms with van der Waals surface area (Å²) in [5.41, 5.74) is 0.451. The summed E-state index contributed by atoms with van der Waals surface area (Å²) in [6, 6.07) is 6.27. The molecule has 2 aliphatic heterocycles. The van der Waals surface area contributed by atoms with E-state index >= 15 is 0 Å². The molecule has 3 atom stereocenters. The normalized spacial score (nSPS) is 31.6. The van der Waals surface area contributed by atoms with Crippen molar-refractivity contribution in [1.29, 1.82) is 0 Å². The van der Waals surface area contributed by atoms with Gasteiger partial charge in [-0.2, -0.15) is 13.1 Å². The zero-order valence-electron chi connectivity index (χ0n) is 16.1. The van der Waals surface area contributed by atoms with Crippen LogP contribution in [0.25, 0.3) is 0 Å². The lowest BCUT2D eigenvalue weighted by Gasteiger charge is -2.54.